The predicted octanol–water partition coefficient (Wildman–Crippen LogP) is 0.0605. The zero-order valence-electron chi connectivity index (χ0n) is 20.7. The maximum atomic E-state index is 12.7. The maximum absolute atomic E-state index is 12.7. The second kappa shape index (κ2) is 10.7. The van der Waals surface area contributed by atoms with Gasteiger partial charge in [0.1, 0.15) is 17.6 Å². The molecule has 4 aromatic rings. The smallest absolute Gasteiger partial charge is 0.366 e. The van der Waals surface area contributed by atoms with Gasteiger partial charge < -0.3 is 21.1 Å². The van der Waals surface area contributed by atoms with Crippen molar-refractivity contribution in [3.63, 3.8) is 0 Å². The molecule has 0 spiro atoms. The first kappa shape index (κ1) is 29.3. The summed E-state index contributed by atoms with van der Waals surface area (Å²) in [5, 5.41) is 41.1. The van der Waals surface area contributed by atoms with E-state index in [9.17, 15) is 41.3 Å². The molecule has 0 bridgehead atoms. The Morgan fingerprint density at radius 1 is 1.20 bits per heavy atom. The average Bonchev–Trinajstić information content (AvgIpc) is 3.41. The molecule has 5 rings (SSSR count). The normalized spacial score (nSPS) is 16.3. The first-order valence-corrected chi connectivity index (χ1v) is 13.3. The van der Waals surface area contributed by atoms with E-state index >= 15 is 0 Å². The van der Waals surface area contributed by atoms with Crippen molar-refractivity contribution >= 4 is 38.5 Å². The third kappa shape index (κ3) is 6.88. The summed E-state index contributed by atoms with van der Waals surface area (Å²) in [6, 6.07) is 4.71. The van der Waals surface area contributed by atoms with Gasteiger partial charge in [0.25, 0.3) is 12.3 Å². The summed E-state index contributed by atoms with van der Waals surface area (Å²) in [6.45, 7) is -1.11. The molecular formula is C20H24F4N10O5S. The van der Waals surface area contributed by atoms with Gasteiger partial charge in [-0.25, -0.2) is 40.2 Å². The Morgan fingerprint density at radius 3 is 2.52 bits per heavy atom. The lowest BCUT2D eigenvalue weighted by Crippen LogP contribution is -2.45. The van der Waals surface area contributed by atoms with Gasteiger partial charge in [-0.3, -0.25) is 5.32 Å². The Morgan fingerprint density at radius 2 is 1.93 bits per heavy atom. The van der Waals surface area contributed by atoms with E-state index in [-0.39, 0.29) is 42.3 Å². The van der Waals surface area contributed by atoms with Gasteiger partial charge in [0.05, 0.1) is 18.5 Å². The van der Waals surface area contributed by atoms with Crippen LogP contribution < -0.4 is 11.1 Å². The van der Waals surface area contributed by atoms with Gasteiger partial charge in [-0.1, -0.05) is 5.21 Å². The molecule has 6 N–H and O–H groups in total. The summed E-state index contributed by atoms with van der Waals surface area (Å²) in [5.74, 6) is -3.24. The molecule has 1 fully saturated rings. The van der Waals surface area contributed by atoms with E-state index in [0.29, 0.717) is 16.8 Å². The number of nitrogens with two attached hydrogens (primary N) is 1. The van der Waals surface area contributed by atoms with Crippen LogP contribution >= 0.6 is 0 Å². The van der Waals surface area contributed by atoms with Crippen LogP contribution in [0.3, 0.4) is 0 Å². The van der Waals surface area contributed by atoms with Crippen molar-refractivity contribution in [1.82, 2.24) is 38.9 Å². The zero-order chi connectivity index (χ0) is 29.5. The molecule has 1 aliphatic rings. The minimum absolute atomic E-state index is 0.142. The second-order valence-electron chi connectivity index (χ2n) is 8.86. The van der Waals surface area contributed by atoms with Gasteiger partial charge >= 0.3 is 6.10 Å². The number of halogens is 4. The van der Waals surface area contributed by atoms with Crippen LogP contribution in [0.5, 0.6) is 0 Å². The van der Waals surface area contributed by atoms with Gasteiger partial charge in [-0.05, 0) is 24.6 Å². The van der Waals surface area contributed by atoms with Crippen LogP contribution in [0.2, 0.25) is 0 Å². The van der Waals surface area contributed by atoms with Gasteiger partial charge in [0, 0.05) is 24.7 Å². The molecule has 0 aromatic carbocycles. The lowest BCUT2D eigenvalue weighted by atomic mass is 10.1. The van der Waals surface area contributed by atoms with Gasteiger partial charge in [-0.15, -0.1) is 10.2 Å². The van der Waals surface area contributed by atoms with Crippen LogP contribution in [0.25, 0.3) is 27.9 Å². The molecule has 1 aliphatic heterocycles. The first-order chi connectivity index (χ1) is 18.5. The lowest BCUT2D eigenvalue weighted by Gasteiger charge is -2.30. The third-order valence-electron chi connectivity index (χ3n) is 5.59. The summed E-state index contributed by atoms with van der Waals surface area (Å²) in [4.78, 5) is 8.18. The third-order valence-corrected chi connectivity index (χ3v) is 6.84. The quantitative estimate of drug-likeness (QED) is 0.149. The number of alkyl halides is 4. The van der Waals surface area contributed by atoms with E-state index in [4.69, 9.17) is 5.73 Å². The number of anilines is 2. The molecule has 0 unspecified atom stereocenters. The number of rotatable bonds is 6. The molecule has 15 nitrogen and oxygen atoms in total. The van der Waals surface area contributed by atoms with Crippen molar-refractivity contribution in [3.05, 3.63) is 24.4 Å². The monoisotopic (exact) mass is 592 g/mol. The number of aliphatic hydroxyl groups is 3. The Labute approximate surface area is 222 Å². The average molecular weight is 593 g/mol. The highest BCUT2D eigenvalue weighted by molar-refractivity contribution is 7.88. The van der Waals surface area contributed by atoms with Crippen molar-refractivity contribution in [2.75, 3.05) is 30.4 Å². The molecule has 0 aliphatic carbocycles. The van der Waals surface area contributed by atoms with Crippen molar-refractivity contribution < 1.29 is 41.3 Å². The number of sulfonamides is 1. The van der Waals surface area contributed by atoms with Crippen LogP contribution in [0.1, 0.15) is 12.8 Å². The second-order valence-corrected chi connectivity index (χ2v) is 10.8. The molecule has 0 saturated carbocycles. The minimum Gasteiger partial charge on any atom is -0.366 e. The van der Waals surface area contributed by atoms with Crippen LogP contribution in [0, 0.1) is 0 Å². The van der Waals surface area contributed by atoms with Crippen LogP contribution in [0.15, 0.2) is 24.4 Å². The Kier molecular flexibility index (Phi) is 7.82. The minimum atomic E-state index is -3.44. The SMILES string of the molecule is CS(=O)(=O)N1CCCC(F)(F)C1.Nc1nc(NC(O)(O)O)c2c(-c3ccc4nnn(CC(F)F)c4n3)ccn2n1. The number of fused-ring (bicyclic) bond motifs is 2. The standard InChI is InChI=1S/C14H13F2N9O3.C6H11F2NO2S/c15-9(16)5-25-12-8(21-23-25)2-1-7(18-12)6-3-4-24-10(6)11(19-13(17)22-24)20-14(26,27)28;1-12(10,11)9-4-2-3-6(7,8)5-9/h1-4,9,26-28H,5H2,(H3,17,19,20,22);2-5H2,1H3. The molecule has 0 amide bonds. The van der Waals surface area contributed by atoms with Crippen molar-refractivity contribution in [2.45, 2.75) is 37.8 Å². The molecule has 40 heavy (non-hydrogen) atoms. The summed E-state index contributed by atoms with van der Waals surface area (Å²) in [6.07, 6.45) is -3.42. The number of hydrogen-bond acceptors (Lipinski definition) is 12. The number of nitrogen functional groups attached to an aromatic ring is 1. The van der Waals surface area contributed by atoms with Crippen molar-refractivity contribution in [1.29, 1.82) is 0 Å². The summed E-state index contributed by atoms with van der Waals surface area (Å²) in [7, 11) is -3.44. The fraction of sp³-hybridized carbons (Fsp3) is 0.450. The van der Waals surface area contributed by atoms with Crippen LogP contribution in [0.4, 0.5) is 29.3 Å². The number of piperidine rings is 1. The predicted molar refractivity (Wildman–Crippen MR) is 131 cm³/mol. The highest BCUT2D eigenvalue weighted by atomic mass is 32.2. The lowest BCUT2D eigenvalue weighted by molar-refractivity contribution is -0.289. The fourth-order valence-corrected chi connectivity index (χ4v) is 4.85. The number of pyridine rings is 1. The number of aromatic nitrogens is 7. The van der Waals surface area contributed by atoms with Gasteiger partial charge in [-0.2, -0.15) is 9.29 Å². The Bertz CT molecular complexity index is 1620. The highest BCUT2D eigenvalue weighted by Gasteiger charge is 2.38. The molecule has 0 radical (unpaired) electrons. The summed E-state index contributed by atoms with van der Waals surface area (Å²) >= 11 is 0. The van der Waals surface area contributed by atoms with Gasteiger partial charge in [0.15, 0.2) is 11.5 Å². The molecular weight excluding hydrogens is 568 g/mol. The van der Waals surface area contributed by atoms with Crippen molar-refractivity contribution in [3.8, 4) is 11.3 Å². The maximum Gasteiger partial charge on any atom is 0.368 e. The van der Waals surface area contributed by atoms with E-state index in [1.807, 2.05) is 5.32 Å². The van der Waals surface area contributed by atoms with Gasteiger partial charge in [0.2, 0.25) is 16.0 Å². The number of nitrogens with one attached hydrogen (secondary N) is 1. The number of nitrogens with zero attached hydrogens (tertiary/aromatic N) is 8. The Hall–Kier alpha value is -3.72. The zero-order valence-corrected chi connectivity index (χ0v) is 21.5. The molecule has 0 atom stereocenters. The summed E-state index contributed by atoms with van der Waals surface area (Å²) < 4.78 is 75.6. The van der Waals surface area contributed by atoms with E-state index in [1.54, 1.807) is 18.2 Å². The molecule has 218 valence electrons. The molecule has 1 saturated heterocycles. The van der Waals surface area contributed by atoms with E-state index in [0.717, 1.165) is 15.2 Å². The Balaban J connectivity index is 0.000000259. The van der Waals surface area contributed by atoms with Crippen LogP contribution in [-0.4, -0.2) is 100 Å². The topological polar surface area (TPSA) is 210 Å². The van der Waals surface area contributed by atoms with E-state index in [2.05, 4.69) is 25.4 Å². The molecule has 4 aromatic heterocycles. The van der Waals surface area contributed by atoms with E-state index < -0.39 is 41.6 Å². The van der Waals surface area contributed by atoms with E-state index in [1.165, 1.54) is 10.7 Å². The summed E-state index contributed by atoms with van der Waals surface area (Å²) in [5.41, 5.74) is 6.98. The fourth-order valence-electron chi connectivity index (χ4n) is 3.96. The largest absolute Gasteiger partial charge is 0.368 e. The number of hydrogen-bond donors (Lipinski definition) is 5. The first-order valence-electron chi connectivity index (χ1n) is 11.4. The highest BCUT2D eigenvalue weighted by Crippen LogP contribution is 2.31. The van der Waals surface area contributed by atoms with Crippen LogP contribution in [-0.2, 0) is 16.6 Å². The van der Waals surface area contributed by atoms with Crippen molar-refractivity contribution in [2.24, 2.45) is 0 Å². The molecule has 20 heteroatoms. The molecule has 5 heterocycles.